The molecule has 0 aliphatic carbocycles. The fourth-order valence-electron chi connectivity index (χ4n) is 2.31. The van der Waals surface area contributed by atoms with Crippen LogP contribution >= 0.6 is 11.8 Å². The number of rotatable bonds is 7. The third kappa shape index (κ3) is 5.32. The zero-order valence-electron chi connectivity index (χ0n) is 13.8. The van der Waals surface area contributed by atoms with Crippen LogP contribution in [0.5, 0.6) is 5.75 Å². The molecular weight excluding hydrogens is 306 g/mol. The standard InChI is InChI=1S/C19H23NO2S/c1-14-8-10-16(11-9-14)23-13-12-19(21)20-15(2)17-6-4-5-7-18(17)22-3/h4-11,15H,12-13H2,1-3H3,(H,20,21). The maximum atomic E-state index is 12.1. The summed E-state index contributed by atoms with van der Waals surface area (Å²) in [7, 11) is 1.64. The van der Waals surface area contributed by atoms with Gasteiger partial charge in [-0.2, -0.15) is 0 Å². The number of methoxy groups -OCH3 is 1. The van der Waals surface area contributed by atoms with Gasteiger partial charge in [0.05, 0.1) is 13.2 Å². The lowest BCUT2D eigenvalue weighted by atomic mass is 10.1. The first kappa shape index (κ1) is 17.4. The smallest absolute Gasteiger partial charge is 0.221 e. The quantitative estimate of drug-likeness (QED) is 0.767. The minimum absolute atomic E-state index is 0.0583. The van der Waals surface area contributed by atoms with Gasteiger partial charge in [-0.1, -0.05) is 35.9 Å². The van der Waals surface area contributed by atoms with Gasteiger partial charge >= 0.3 is 0 Å². The minimum atomic E-state index is -0.0666. The molecule has 0 fully saturated rings. The van der Waals surface area contributed by atoms with E-state index in [0.717, 1.165) is 17.1 Å². The Morgan fingerprint density at radius 1 is 1.17 bits per heavy atom. The van der Waals surface area contributed by atoms with E-state index < -0.39 is 0 Å². The molecule has 4 heteroatoms. The van der Waals surface area contributed by atoms with Gasteiger partial charge in [0.1, 0.15) is 5.75 Å². The van der Waals surface area contributed by atoms with E-state index in [9.17, 15) is 4.79 Å². The molecule has 0 aromatic heterocycles. The fraction of sp³-hybridized carbons (Fsp3) is 0.316. The second-order valence-electron chi connectivity index (χ2n) is 5.44. The molecule has 0 bridgehead atoms. The lowest BCUT2D eigenvalue weighted by molar-refractivity contribution is -0.121. The maximum absolute atomic E-state index is 12.1. The van der Waals surface area contributed by atoms with Gasteiger partial charge in [0, 0.05) is 22.6 Å². The Kier molecular flexibility index (Phi) is 6.53. The molecule has 3 nitrogen and oxygen atoms in total. The molecule has 122 valence electrons. The molecule has 0 radical (unpaired) electrons. The number of ether oxygens (including phenoxy) is 1. The normalized spacial score (nSPS) is 11.8. The topological polar surface area (TPSA) is 38.3 Å². The molecule has 0 saturated heterocycles. The third-order valence-corrected chi connectivity index (χ3v) is 4.62. The zero-order chi connectivity index (χ0) is 16.7. The van der Waals surface area contributed by atoms with Crippen LogP contribution in [0.25, 0.3) is 0 Å². The number of thioether (sulfide) groups is 1. The predicted octanol–water partition coefficient (Wildman–Crippen LogP) is 4.36. The molecule has 0 spiro atoms. The van der Waals surface area contributed by atoms with E-state index in [1.165, 1.54) is 10.5 Å². The number of carbonyl (C=O) groups excluding carboxylic acids is 1. The number of nitrogens with one attached hydrogen (secondary N) is 1. The number of carbonyl (C=O) groups is 1. The monoisotopic (exact) mass is 329 g/mol. The summed E-state index contributed by atoms with van der Waals surface area (Å²) in [6, 6.07) is 16.1. The van der Waals surface area contributed by atoms with Gasteiger partial charge in [-0.25, -0.2) is 0 Å². The van der Waals surface area contributed by atoms with Gasteiger partial charge in [0.2, 0.25) is 5.91 Å². The molecular formula is C19H23NO2S. The van der Waals surface area contributed by atoms with Crippen LogP contribution in [-0.2, 0) is 4.79 Å². The Morgan fingerprint density at radius 2 is 1.87 bits per heavy atom. The highest BCUT2D eigenvalue weighted by Gasteiger charge is 2.13. The number of aryl methyl sites for hydroxylation is 1. The number of para-hydroxylation sites is 1. The van der Waals surface area contributed by atoms with Crippen LogP contribution in [0.1, 0.15) is 30.5 Å². The first-order valence-corrected chi connectivity index (χ1v) is 8.70. The first-order chi connectivity index (χ1) is 11.1. The highest BCUT2D eigenvalue weighted by atomic mass is 32.2. The molecule has 2 aromatic rings. The average molecular weight is 329 g/mol. The largest absolute Gasteiger partial charge is 0.496 e. The Balaban J connectivity index is 1.81. The Bertz CT molecular complexity index is 640. The van der Waals surface area contributed by atoms with Crippen LogP contribution < -0.4 is 10.1 Å². The van der Waals surface area contributed by atoms with Crippen molar-refractivity contribution in [3.8, 4) is 5.75 Å². The van der Waals surface area contributed by atoms with E-state index in [2.05, 4.69) is 36.5 Å². The number of hydrogen-bond donors (Lipinski definition) is 1. The van der Waals surface area contributed by atoms with Crippen LogP contribution in [0.4, 0.5) is 0 Å². The van der Waals surface area contributed by atoms with E-state index >= 15 is 0 Å². The zero-order valence-corrected chi connectivity index (χ0v) is 14.7. The summed E-state index contributed by atoms with van der Waals surface area (Å²) in [5.74, 6) is 1.63. The third-order valence-electron chi connectivity index (χ3n) is 3.60. The summed E-state index contributed by atoms with van der Waals surface area (Å²) in [6.45, 7) is 4.05. The lowest BCUT2D eigenvalue weighted by Gasteiger charge is -2.17. The van der Waals surface area contributed by atoms with Crippen LogP contribution in [-0.4, -0.2) is 18.8 Å². The fourth-order valence-corrected chi connectivity index (χ4v) is 3.16. The molecule has 1 atom stereocenters. The second-order valence-corrected chi connectivity index (χ2v) is 6.61. The minimum Gasteiger partial charge on any atom is -0.496 e. The van der Waals surface area contributed by atoms with E-state index in [1.807, 2.05) is 31.2 Å². The van der Waals surface area contributed by atoms with Crippen molar-refractivity contribution >= 4 is 17.7 Å². The van der Waals surface area contributed by atoms with Crippen molar-refractivity contribution in [2.75, 3.05) is 12.9 Å². The second kappa shape index (κ2) is 8.63. The Morgan fingerprint density at radius 3 is 2.57 bits per heavy atom. The summed E-state index contributed by atoms with van der Waals surface area (Å²) < 4.78 is 5.34. The highest BCUT2D eigenvalue weighted by molar-refractivity contribution is 7.99. The molecule has 1 N–H and O–H groups in total. The first-order valence-electron chi connectivity index (χ1n) is 7.72. The van der Waals surface area contributed by atoms with Gasteiger partial charge in [-0.15, -0.1) is 11.8 Å². The molecule has 0 heterocycles. The van der Waals surface area contributed by atoms with E-state index in [0.29, 0.717) is 6.42 Å². The van der Waals surface area contributed by atoms with Crippen LogP contribution in [0.15, 0.2) is 53.4 Å². The summed E-state index contributed by atoms with van der Waals surface area (Å²) >= 11 is 1.70. The van der Waals surface area contributed by atoms with Crippen molar-refractivity contribution in [3.05, 3.63) is 59.7 Å². The van der Waals surface area contributed by atoms with Gasteiger partial charge in [0.15, 0.2) is 0 Å². The maximum Gasteiger partial charge on any atom is 0.221 e. The Labute approximate surface area is 142 Å². The summed E-state index contributed by atoms with van der Waals surface area (Å²) in [5, 5.41) is 3.03. The molecule has 23 heavy (non-hydrogen) atoms. The molecule has 2 aromatic carbocycles. The molecule has 0 saturated carbocycles. The van der Waals surface area contributed by atoms with Crippen molar-refractivity contribution < 1.29 is 9.53 Å². The van der Waals surface area contributed by atoms with Gasteiger partial charge in [-0.3, -0.25) is 4.79 Å². The summed E-state index contributed by atoms with van der Waals surface area (Å²) in [6.07, 6.45) is 0.498. The summed E-state index contributed by atoms with van der Waals surface area (Å²) in [5.41, 5.74) is 2.24. The van der Waals surface area contributed by atoms with Crippen molar-refractivity contribution in [1.82, 2.24) is 5.32 Å². The van der Waals surface area contributed by atoms with Crippen LogP contribution in [0.3, 0.4) is 0 Å². The number of amides is 1. The number of benzene rings is 2. The van der Waals surface area contributed by atoms with E-state index in [4.69, 9.17) is 4.74 Å². The van der Waals surface area contributed by atoms with Crippen molar-refractivity contribution in [2.45, 2.75) is 31.2 Å². The average Bonchev–Trinajstić information content (AvgIpc) is 2.56. The van der Waals surface area contributed by atoms with E-state index in [-0.39, 0.29) is 11.9 Å². The van der Waals surface area contributed by atoms with Crippen LogP contribution in [0, 0.1) is 6.92 Å². The van der Waals surface area contributed by atoms with Crippen molar-refractivity contribution in [2.24, 2.45) is 0 Å². The molecule has 0 aliphatic rings. The SMILES string of the molecule is COc1ccccc1C(C)NC(=O)CCSc1ccc(C)cc1. The van der Waals surface area contributed by atoms with Gasteiger partial charge < -0.3 is 10.1 Å². The molecule has 1 unspecified atom stereocenters. The van der Waals surface area contributed by atoms with Gasteiger partial charge in [-0.05, 0) is 32.0 Å². The molecule has 2 rings (SSSR count). The number of hydrogen-bond acceptors (Lipinski definition) is 3. The molecule has 0 aliphatic heterocycles. The van der Waals surface area contributed by atoms with Crippen molar-refractivity contribution in [1.29, 1.82) is 0 Å². The molecule has 1 amide bonds. The van der Waals surface area contributed by atoms with Crippen LogP contribution in [0.2, 0.25) is 0 Å². The lowest BCUT2D eigenvalue weighted by Crippen LogP contribution is -2.27. The Hall–Kier alpha value is -1.94. The predicted molar refractivity (Wildman–Crippen MR) is 96.1 cm³/mol. The van der Waals surface area contributed by atoms with Gasteiger partial charge in [0.25, 0.3) is 0 Å². The van der Waals surface area contributed by atoms with Crippen molar-refractivity contribution in [3.63, 3.8) is 0 Å². The summed E-state index contributed by atoms with van der Waals surface area (Å²) in [4.78, 5) is 13.3. The van der Waals surface area contributed by atoms with E-state index in [1.54, 1.807) is 18.9 Å². The highest BCUT2D eigenvalue weighted by Crippen LogP contribution is 2.24.